The Kier molecular flexibility index (Phi) is 2.43. The van der Waals surface area contributed by atoms with E-state index < -0.39 is 0 Å². The summed E-state index contributed by atoms with van der Waals surface area (Å²) in [6.45, 7) is 0. The van der Waals surface area contributed by atoms with Gasteiger partial charge in [0.2, 0.25) is 0 Å². The molecule has 0 spiro atoms. The number of carbonyl (C=O) groups excluding carboxylic acids is 1. The number of hydrogen-bond donors (Lipinski definition) is 1. The van der Waals surface area contributed by atoms with E-state index >= 15 is 0 Å². The van der Waals surface area contributed by atoms with Crippen molar-refractivity contribution in [1.82, 2.24) is 5.32 Å². The maximum Gasteiger partial charge on any atom is 0.252 e. The van der Waals surface area contributed by atoms with Crippen molar-refractivity contribution < 1.29 is 9.53 Å². The van der Waals surface area contributed by atoms with Gasteiger partial charge in [0.25, 0.3) is 5.91 Å². The van der Waals surface area contributed by atoms with Crippen LogP contribution in [0.15, 0.2) is 22.7 Å². The van der Waals surface area contributed by atoms with Crippen LogP contribution in [0, 0.1) is 5.92 Å². The second-order valence-electron chi connectivity index (χ2n) is 5.03. The molecular weight excluding hydrogens is 282 g/mol. The summed E-state index contributed by atoms with van der Waals surface area (Å²) in [5.41, 5.74) is 0.763. The SMILES string of the molecule is COc1cccc(C(=O)NC23CC(C2)C3)c1Br. The highest BCUT2D eigenvalue weighted by molar-refractivity contribution is 9.10. The van der Waals surface area contributed by atoms with Crippen LogP contribution in [-0.4, -0.2) is 18.6 Å². The highest BCUT2D eigenvalue weighted by Crippen LogP contribution is 2.57. The van der Waals surface area contributed by atoms with Crippen LogP contribution in [0.2, 0.25) is 0 Å². The summed E-state index contributed by atoms with van der Waals surface area (Å²) in [6.07, 6.45) is 3.46. The Labute approximate surface area is 109 Å². The van der Waals surface area contributed by atoms with Crippen molar-refractivity contribution in [2.24, 2.45) is 5.92 Å². The number of benzene rings is 1. The summed E-state index contributed by atoms with van der Waals surface area (Å²) in [7, 11) is 1.60. The topological polar surface area (TPSA) is 38.3 Å². The molecule has 0 unspecified atom stereocenters. The largest absolute Gasteiger partial charge is 0.496 e. The van der Waals surface area contributed by atoms with Crippen molar-refractivity contribution in [3.8, 4) is 5.75 Å². The van der Waals surface area contributed by atoms with Crippen LogP contribution in [0.25, 0.3) is 0 Å². The second kappa shape index (κ2) is 3.73. The Balaban J connectivity index is 1.80. The normalized spacial score (nSPS) is 28.9. The number of methoxy groups -OCH3 is 1. The second-order valence-corrected chi connectivity index (χ2v) is 5.83. The molecule has 3 fully saturated rings. The third kappa shape index (κ3) is 1.66. The lowest BCUT2D eigenvalue weighted by Gasteiger charge is -2.61. The van der Waals surface area contributed by atoms with Gasteiger partial charge in [-0.1, -0.05) is 6.07 Å². The number of carbonyl (C=O) groups is 1. The number of ether oxygens (including phenoxy) is 1. The zero-order valence-corrected chi connectivity index (χ0v) is 11.2. The predicted octanol–water partition coefficient (Wildman–Crippen LogP) is 2.74. The zero-order chi connectivity index (χ0) is 12.0. The Morgan fingerprint density at radius 3 is 2.71 bits per heavy atom. The minimum atomic E-state index is -0.00562. The van der Waals surface area contributed by atoms with Crippen molar-refractivity contribution in [2.75, 3.05) is 7.11 Å². The molecule has 0 radical (unpaired) electrons. The number of rotatable bonds is 3. The average Bonchev–Trinajstić information content (AvgIpc) is 2.22. The van der Waals surface area contributed by atoms with Crippen LogP contribution < -0.4 is 10.1 Å². The molecule has 17 heavy (non-hydrogen) atoms. The van der Waals surface area contributed by atoms with Gasteiger partial charge >= 0.3 is 0 Å². The van der Waals surface area contributed by atoms with E-state index in [4.69, 9.17) is 4.74 Å². The van der Waals surface area contributed by atoms with Crippen molar-refractivity contribution in [3.63, 3.8) is 0 Å². The lowest BCUT2D eigenvalue weighted by atomic mass is 9.50. The lowest BCUT2D eigenvalue weighted by molar-refractivity contribution is -0.0438. The molecule has 90 valence electrons. The van der Waals surface area contributed by atoms with E-state index in [1.807, 2.05) is 18.2 Å². The maximum atomic E-state index is 12.2. The Morgan fingerprint density at radius 2 is 2.18 bits per heavy atom. The molecule has 0 heterocycles. The predicted molar refractivity (Wildman–Crippen MR) is 68.2 cm³/mol. The Bertz CT molecular complexity index is 469. The number of hydrogen-bond acceptors (Lipinski definition) is 2. The minimum absolute atomic E-state index is 0.00562. The van der Waals surface area contributed by atoms with E-state index in [2.05, 4.69) is 21.2 Å². The van der Waals surface area contributed by atoms with Crippen molar-refractivity contribution in [1.29, 1.82) is 0 Å². The van der Waals surface area contributed by atoms with Gasteiger partial charge in [-0.25, -0.2) is 0 Å². The van der Waals surface area contributed by atoms with E-state index in [1.54, 1.807) is 7.11 Å². The Morgan fingerprint density at radius 1 is 1.47 bits per heavy atom. The van der Waals surface area contributed by atoms with Crippen LogP contribution in [0.4, 0.5) is 0 Å². The van der Waals surface area contributed by atoms with E-state index in [0.29, 0.717) is 11.3 Å². The molecule has 3 aliphatic carbocycles. The smallest absolute Gasteiger partial charge is 0.252 e. The number of amides is 1. The first-order valence-electron chi connectivity index (χ1n) is 5.78. The van der Waals surface area contributed by atoms with E-state index in [-0.39, 0.29) is 11.4 Å². The fourth-order valence-corrected chi connectivity index (χ4v) is 3.39. The molecule has 1 N–H and O–H groups in total. The zero-order valence-electron chi connectivity index (χ0n) is 9.63. The van der Waals surface area contributed by atoms with Crippen LogP contribution in [0.3, 0.4) is 0 Å². The fourth-order valence-electron chi connectivity index (χ4n) is 2.78. The highest BCUT2D eigenvalue weighted by atomic mass is 79.9. The molecule has 4 heteroatoms. The molecule has 4 rings (SSSR count). The van der Waals surface area contributed by atoms with Crippen LogP contribution in [0.5, 0.6) is 5.75 Å². The molecule has 3 nitrogen and oxygen atoms in total. The standard InChI is InChI=1S/C13H14BrNO2/c1-17-10-4-2-3-9(11(10)14)12(16)15-13-5-8(6-13)7-13/h2-4,8H,5-7H2,1H3,(H,15,16). The van der Waals surface area contributed by atoms with Crippen LogP contribution in [-0.2, 0) is 0 Å². The molecule has 0 aromatic heterocycles. The third-order valence-electron chi connectivity index (χ3n) is 3.84. The monoisotopic (exact) mass is 295 g/mol. The first kappa shape index (κ1) is 11.1. The summed E-state index contributed by atoms with van der Waals surface area (Å²) in [5.74, 6) is 1.55. The van der Waals surface area contributed by atoms with Gasteiger partial charge in [-0.15, -0.1) is 0 Å². The van der Waals surface area contributed by atoms with Crippen molar-refractivity contribution >= 4 is 21.8 Å². The first-order chi connectivity index (χ1) is 8.13. The molecule has 0 aliphatic heterocycles. The summed E-state index contributed by atoms with van der Waals surface area (Å²) in [5, 5.41) is 3.14. The average molecular weight is 296 g/mol. The van der Waals surface area contributed by atoms with Gasteiger partial charge in [0.1, 0.15) is 5.75 Å². The molecule has 1 aromatic rings. The molecule has 0 atom stereocenters. The van der Waals surface area contributed by atoms with Gasteiger partial charge in [-0.2, -0.15) is 0 Å². The van der Waals surface area contributed by atoms with Gasteiger partial charge in [0.15, 0.2) is 0 Å². The summed E-state index contributed by atoms with van der Waals surface area (Å²) < 4.78 is 5.92. The first-order valence-corrected chi connectivity index (χ1v) is 6.58. The van der Waals surface area contributed by atoms with Crippen LogP contribution >= 0.6 is 15.9 Å². The van der Waals surface area contributed by atoms with Crippen LogP contribution in [0.1, 0.15) is 29.6 Å². The molecule has 3 saturated carbocycles. The molecule has 1 aromatic carbocycles. The molecule has 1 amide bonds. The molecular formula is C13H14BrNO2. The molecule has 0 saturated heterocycles. The third-order valence-corrected chi connectivity index (χ3v) is 4.66. The lowest BCUT2D eigenvalue weighted by Crippen LogP contribution is -2.68. The summed E-state index contributed by atoms with van der Waals surface area (Å²) in [4.78, 5) is 12.2. The highest BCUT2D eigenvalue weighted by Gasteiger charge is 2.57. The molecule has 2 bridgehead atoms. The van der Waals surface area contributed by atoms with Gasteiger partial charge in [-0.3, -0.25) is 4.79 Å². The quantitative estimate of drug-likeness (QED) is 0.931. The van der Waals surface area contributed by atoms with E-state index in [0.717, 1.165) is 29.7 Å². The fraction of sp³-hybridized carbons (Fsp3) is 0.462. The van der Waals surface area contributed by atoms with Gasteiger partial charge in [0.05, 0.1) is 17.1 Å². The summed E-state index contributed by atoms with van der Waals surface area (Å²) in [6, 6.07) is 5.48. The maximum absolute atomic E-state index is 12.2. The van der Waals surface area contributed by atoms with Crippen molar-refractivity contribution in [3.05, 3.63) is 28.2 Å². The molecule has 3 aliphatic rings. The van der Waals surface area contributed by atoms with E-state index in [1.165, 1.54) is 0 Å². The van der Waals surface area contributed by atoms with Crippen molar-refractivity contribution in [2.45, 2.75) is 24.8 Å². The van der Waals surface area contributed by atoms with E-state index in [9.17, 15) is 4.79 Å². The van der Waals surface area contributed by atoms with Gasteiger partial charge in [-0.05, 0) is 53.2 Å². The summed E-state index contributed by atoms with van der Waals surface area (Å²) >= 11 is 3.42. The van der Waals surface area contributed by atoms with Gasteiger partial charge in [0, 0.05) is 5.54 Å². The number of nitrogens with one attached hydrogen (secondary N) is 1. The number of halogens is 1. The Hall–Kier alpha value is -1.03. The van der Waals surface area contributed by atoms with Gasteiger partial charge < -0.3 is 10.1 Å². The minimum Gasteiger partial charge on any atom is -0.496 e.